The van der Waals surface area contributed by atoms with Gasteiger partial charge < -0.3 is 5.32 Å². The average molecular weight is 310 g/mol. The van der Waals surface area contributed by atoms with E-state index in [9.17, 15) is 4.79 Å². The summed E-state index contributed by atoms with van der Waals surface area (Å²) in [5.41, 5.74) is 1.45. The van der Waals surface area contributed by atoms with Gasteiger partial charge in [-0.1, -0.05) is 53.2 Å². The highest BCUT2D eigenvalue weighted by molar-refractivity contribution is 9.09. The van der Waals surface area contributed by atoms with Crippen LogP contribution in [0.2, 0.25) is 0 Å². The summed E-state index contributed by atoms with van der Waals surface area (Å²) in [6.45, 7) is 2.87. The molecule has 1 unspecified atom stereocenters. The number of carbonyl (C=O) groups is 1. The second-order valence-electron chi connectivity index (χ2n) is 5.22. The minimum absolute atomic E-state index is 0.0164. The molecule has 0 heterocycles. The van der Waals surface area contributed by atoms with Gasteiger partial charge in [-0.25, -0.2) is 0 Å². The lowest BCUT2D eigenvalue weighted by molar-refractivity contribution is -0.122. The van der Waals surface area contributed by atoms with Crippen molar-refractivity contribution in [3.8, 4) is 0 Å². The van der Waals surface area contributed by atoms with Gasteiger partial charge in [0.2, 0.25) is 5.91 Å². The maximum atomic E-state index is 12.2. The number of nitrogens with one attached hydrogen (secondary N) is 1. The van der Waals surface area contributed by atoms with Crippen molar-refractivity contribution in [1.82, 2.24) is 5.32 Å². The molecule has 0 aliphatic heterocycles. The molecule has 2 nitrogen and oxygen atoms in total. The molecule has 0 bridgehead atoms. The summed E-state index contributed by atoms with van der Waals surface area (Å²) in [6.07, 6.45) is 3.29. The lowest BCUT2D eigenvalue weighted by atomic mass is 9.95. The molecule has 1 aromatic carbocycles. The average Bonchev–Trinajstić information content (AvgIpc) is 3.19. The number of hydrogen-bond donors (Lipinski definition) is 1. The van der Waals surface area contributed by atoms with Crippen molar-refractivity contribution < 1.29 is 4.79 Å². The van der Waals surface area contributed by atoms with Gasteiger partial charge in [0, 0.05) is 11.9 Å². The van der Waals surface area contributed by atoms with Gasteiger partial charge in [-0.2, -0.15) is 0 Å². The van der Waals surface area contributed by atoms with E-state index in [1.807, 2.05) is 30.3 Å². The number of carbonyl (C=O) groups excluding carboxylic acids is 1. The van der Waals surface area contributed by atoms with Gasteiger partial charge in [-0.05, 0) is 30.2 Å². The predicted molar refractivity (Wildman–Crippen MR) is 77.9 cm³/mol. The number of alkyl halides is 1. The van der Waals surface area contributed by atoms with Gasteiger partial charge in [0.15, 0.2) is 0 Å². The molecule has 0 spiro atoms. The molecule has 1 fully saturated rings. The third-order valence-corrected chi connectivity index (χ3v) is 4.99. The number of hydrogen-bond acceptors (Lipinski definition) is 1. The zero-order chi connectivity index (χ0) is 13.0. The molecule has 0 aromatic heterocycles. The molecule has 3 heteroatoms. The van der Waals surface area contributed by atoms with Crippen LogP contribution in [-0.2, 0) is 4.79 Å². The monoisotopic (exact) mass is 309 g/mol. The second kappa shape index (κ2) is 5.87. The van der Waals surface area contributed by atoms with E-state index < -0.39 is 0 Å². The molecule has 1 aliphatic rings. The molecular weight excluding hydrogens is 290 g/mol. The van der Waals surface area contributed by atoms with Crippen molar-refractivity contribution in [3.05, 3.63) is 35.9 Å². The van der Waals surface area contributed by atoms with Crippen molar-refractivity contribution in [2.45, 2.75) is 32.1 Å². The molecule has 1 atom stereocenters. The van der Waals surface area contributed by atoms with E-state index in [1.54, 1.807) is 0 Å². The summed E-state index contributed by atoms with van der Waals surface area (Å²) in [6, 6.07) is 10.0. The third-order valence-electron chi connectivity index (χ3n) is 3.80. The van der Waals surface area contributed by atoms with E-state index in [4.69, 9.17) is 0 Å². The topological polar surface area (TPSA) is 29.1 Å². The van der Waals surface area contributed by atoms with Crippen LogP contribution in [0.3, 0.4) is 0 Å². The van der Waals surface area contributed by atoms with E-state index in [2.05, 4.69) is 28.2 Å². The normalized spacial score (nSPS) is 18.1. The fourth-order valence-electron chi connectivity index (χ4n) is 2.19. The quantitative estimate of drug-likeness (QED) is 0.801. The molecule has 0 saturated heterocycles. The highest BCUT2D eigenvalue weighted by atomic mass is 79.9. The standard InChI is InChI=1S/C15H20BrNO/c1-2-13(12-6-4-3-5-7-12)14(18)17-11-15(10-16)8-9-15/h3-7,13H,2,8-11H2,1H3,(H,17,18). The van der Waals surface area contributed by atoms with Crippen LogP contribution in [0.1, 0.15) is 37.7 Å². The zero-order valence-corrected chi connectivity index (χ0v) is 12.4. The smallest absolute Gasteiger partial charge is 0.227 e. The fourth-order valence-corrected chi connectivity index (χ4v) is 2.95. The van der Waals surface area contributed by atoms with Gasteiger partial charge in [0.05, 0.1) is 5.92 Å². The largest absolute Gasteiger partial charge is 0.355 e. The van der Waals surface area contributed by atoms with Crippen LogP contribution in [0, 0.1) is 5.41 Å². The van der Waals surface area contributed by atoms with Crippen LogP contribution in [0.4, 0.5) is 0 Å². The van der Waals surface area contributed by atoms with Crippen LogP contribution in [0.5, 0.6) is 0 Å². The number of rotatable bonds is 6. The molecule has 1 aliphatic carbocycles. The molecule has 98 valence electrons. The predicted octanol–water partition coefficient (Wildman–Crippen LogP) is 3.47. The summed E-state index contributed by atoms with van der Waals surface area (Å²) in [7, 11) is 0. The highest BCUT2D eigenvalue weighted by Crippen LogP contribution is 2.46. The first kappa shape index (κ1) is 13.6. The van der Waals surface area contributed by atoms with Gasteiger partial charge in [0.25, 0.3) is 0 Å². The van der Waals surface area contributed by atoms with E-state index in [1.165, 1.54) is 12.8 Å². The summed E-state index contributed by atoms with van der Waals surface area (Å²) in [4.78, 5) is 12.2. The number of halogens is 1. The number of amides is 1. The Morgan fingerprint density at radius 3 is 2.56 bits per heavy atom. The van der Waals surface area contributed by atoms with Crippen molar-refractivity contribution in [2.75, 3.05) is 11.9 Å². The Balaban J connectivity index is 1.94. The summed E-state index contributed by atoms with van der Waals surface area (Å²) >= 11 is 3.53. The zero-order valence-electron chi connectivity index (χ0n) is 10.8. The van der Waals surface area contributed by atoms with E-state index in [0.717, 1.165) is 23.9 Å². The Bertz CT molecular complexity index is 400. The third kappa shape index (κ3) is 3.14. The van der Waals surface area contributed by atoms with E-state index >= 15 is 0 Å². The van der Waals surface area contributed by atoms with Crippen molar-refractivity contribution in [1.29, 1.82) is 0 Å². The van der Waals surface area contributed by atoms with E-state index in [0.29, 0.717) is 5.41 Å². The Kier molecular flexibility index (Phi) is 4.44. The maximum Gasteiger partial charge on any atom is 0.227 e. The summed E-state index contributed by atoms with van der Waals surface area (Å²) < 4.78 is 0. The lowest BCUT2D eigenvalue weighted by Gasteiger charge is -2.18. The van der Waals surface area contributed by atoms with Crippen molar-refractivity contribution >= 4 is 21.8 Å². The first-order valence-electron chi connectivity index (χ1n) is 6.59. The Morgan fingerprint density at radius 1 is 1.39 bits per heavy atom. The van der Waals surface area contributed by atoms with Crippen molar-refractivity contribution in [3.63, 3.8) is 0 Å². The molecule has 1 N–H and O–H groups in total. The van der Waals surface area contributed by atoms with Crippen LogP contribution in [0.15, 0.2) is 30.3 Å². The highest BCUT2D eigenvalue weighted by Gasteiger charge is 2.41. The first-order valence-corrected chi connectivity index (χ1v) is 7.71. The van der Waals surface area contributed by atoms with Crippen LogP contribution in [0.25, 0.3) is 0 Å². The minimum Gasteiger partial charge on any atom is -0.355 e. The Hall–Kier alpha value is -0.830. The van der Waals surface area contributed by atoms with Crippen LogP contribution >= 0.6 is 15.9 Å². The van der Waals surface area contributed by atoms with Gasteiger partial charge in [0.1, 0.15) is 0 Å². The first-order chi connectivity index (χ1) is 8.71. The summed E-state index contributed by atoms with van der Waals surface area (Å²) in [5, 5.41) is 4.11. The van der Waals surface area contributed by atoms with Crippen LogP contribution < -0.4 is 5.32 Å². The van der Waals surface area contributed by atoms with Gasteiger partial charge in [-0.15, -0.1) is 0 Å². The van der Waals surface area contributed by atoms with Crippen LogP contribution in [-0.4, -0.2) is 17.8 Å². The maximum absolute atomic E-state index is 12.2. The SMILES string of the molecule is CCC(C(=O)NCC1(CBr)CC1)c1ccccc1. The molecule has 2 rings (SSSR count). The van der Waals surface area contributed by atoms with Gasteiger partial charge >= 0.3 is 0 Å². The number of benzene rings is 1. The van der Waals surface area contributed by atoms with Crippen molar-refractivity contribution in [2.24, 2.45) is 5.41 Å². The fraction of sp³-hybridized carbons (Fsp3) is 0.533. The molecule has 18 heavy (non-hydrogen) atoms. The molecule has 0 radical (unpaired) electrons. The Morgan fingerprint density at radius 2 is 2.06 bits per heavy atom. The van der Waals surface area contributed by atoms with Gasteiger partial charge in [-0.3, -0.25) is 4.79 Å². The second-order valence-corrected chi connectivity index (χ2v) is 5.78. The minimum atomic E-state index is -0.0164. The Labute approximate surface area is 117 Å². The molecule has 1 amide bonds. The summed E-state index contributed by atoms with van der Waals surface area (Å²) in [5.74, 6) is 0.147. The molecular formula is C15H20BrNO. The molecule has 1 aromatic rings. The van der Waals surface area contributed by atoms with E-state index in [-0.39, 0.29) is 11.8 Å². The lowest BCUT2D eigenvalue weighted by Crippen LogP contribution is -2.34. The molecule has 1 saturated carbocycles.